The van der Waals surface area contributed by atoms with Crippen LogP contribution in [0.3, 0.4) is 0 Å². The standard InChI is InChI=1S/C10H8/c1-2-8-6-7-9-4-3-5-10(8)9/h2-7H,1H2. The van der Waals surface area contributed by atoms with Gasteiger partial charge in [0.15, 0.2) is 0 Å². The summed E-state index contributed by atoms with van der Waals surface area (Å²) in [6.07, 6.45) is 12.4. The number of hydrogen-bond donors (Lipinski definition) is 0. The van der Waals surface area contributed by atoms with Gasteiger partial charge in [-0.15, -0.1) is 0 Å². The van der Waals surface area contributed by atoms with E-state index in [-0.39, 0.29) is 0 Å². The summed E-state index contributed by atoms with van der Waals surface area (Å²) in [4.78, 5) is 0. The van der Waals surface area contributed by atoms with Crippen LogP contribution in [0.2, 0.25) is 0 Å². The first-order valence-corrected chi connectivity index (χ1v) is 3.35. The lowest BCUT2D eigenvalue weighted by Gasteiger charge is -1.96. The second-order valence-corrected chi connectivity index (χ2v) is 2.39. The van der Waals surface area contributed by atoms with Crippen LogP contribution in [0.4, 0.5) is 0 Å². The van der Waals surface area contributed by atoms with E-state index in [2.05, 4.69) is 37.0 Å². The van der Waals surface area contributed by atoms with Crippen molar-refractivity contribution in [2.24, 2.45) is 0 Å². The van der Waals surface area contributed by atoms with Gasteiger partial charge >= 0.3 is 0 Å². The Labute approximate surface area is 60.6 Å². The zero-order valence-corrected chi connectivity index (χ0v) is 5.67. The molecule has 0 heteroatoms. The second kappa shape index (κ2) is 1.84. The Kier molecular flexibility index (Phi) is 1.01. The van der Waals surface area contributed by atoms with Gasteiger partial charge in [0, 0.05) is 0 Å². The van der Waals surface area contributed by atoms with E-state index in [1.807, 2.05) is 6.08 Å². The van der Waals surface area contributed by atoms with E-state index in [1.54, 1.807) is 0 Å². The summed E-state index contributed by atoms with van der Waals surface area (Å²) in [6.45, 7) is 3.73. The summed E-state index contributed by atoms with van der Waals surface area (Å²) in [5.74, 6) is 0. The molecule has 0 atom stereocenters. The van der Waals surface area contributed by atoms with Crippen molar-refractivity contribution >= 4 is 0 Å². The lowest BCUT2D eigenvalue weighted by molar-refractivity contribution is 1.58. The third-order valence-electron chi connectivity index (χ3n) is 1.82. The molecule has 2 aliphatic carbocycles. The van der Waals surface area contributed by atoms with E-state index >= 15 is 0 Å². The van der Waals surface area contributed by atoms with Crippen LogP contribution >= 0.6 is 0 Å². The molecule has 0 aliphatic heterocycles. The number of rotatable bonds is 1. The molecule has 48 valence electrons. The lowest BCUT2D eigenvalue weighted by atomic mass is 10.1. The normalized spacial score (nSPS) is 19.8. The highest BCUT2D eigenvalue weighted by Crippen LogP contribution is 2.30. The number of allylic oxidation sites excluding steroid dienone is 9. The van der Waals surface area contributed by atoms with Crippen LogP contribution in [-0.4, -0.2) is 0 Å². The Morgan fingerprint density at radius 3 is 2.90 bits per heavy atom. The summed E-state index contributed by atoms with van der Waals surface area (Å²) < 4.78 is 0. The Morgan fingerprint density at radius 1 is 1.20 bits per heavy atom. The van der Waals surface area contributed by atoms with Crippen LogP contribution in [0.1, 0.15) is 0 Å². The molecule has 0 spiro atoms. The molecule has 0 radical (unpaired) electrons. The Hall–Kier alpha value is -1.30. The van der Waals surface area contributed by atoms with Gasteiger partial charge in [0.25, 0.3) is 0 Å². The van der Waals surface area contributed by atoms with Crippen LogP contribution in [0.25, 0.3) is 0 Å². The van der Waals surface area contributed by atoms with Crippen molar-refractivity contribution in [3.63, 3.8) is 0 Å². The summed E-state index contributed by atoms with van der Waals surface area (Å²) >= 11 is 0. The van der Waals surface area contributed by atoms with Crippen molar-refractivity contribution in [1.29, 1.82) is 0 Å². The molecule has 2 rings (SSSR count). The van der Waals surface area contributed by atoms with Gasteiger partial charge in [0.1, 0.15) is 0 Å². The van der Waals surface area contributed by atoms with E-state index < -0.39 is 0 Å². The maximum Gasteiger partial charge on any atom is -0.0112 e. The Balaban J connectivity index is 2.46. The molecule has 0 amide bonds. The van der Waals surface area contributed by atoms with E-state index in [1.165, 1.54) is 16.7 Å². The van der Waals surface area contributed by atoms with Gasteiger partial charge in [0.2, 0.25) is 0 Å². The smallest absolute Gasteiger partial charge is 0.0112 e. The molecule has 0 aromatic heterocycles. The minimum Gasteiger partial charge on any atom is -0.0984 e. The summed E-state index contributed by atoms with van der Waals surface area (Å²) in [5.41, 5.74) is 3.87. The summed E-state index contributed by atoms with van der Waals surface area (Å²) in [7, 11) is 0. The first-order valence-electron chi connectivity index (χ1n) is 3.35. The van der Waals surface area contributed by atoms with E-state index in [0.717, 1.165) is 0 Å². The quantitative estimate of drug-likeness (QED) is 0.509. The van der Waals surface area contributed by atoms with Crippen LogP contribution in [0.5, 0.6) is 0 Å². The van der Waals surface area contributed by atoms with Crippen molar-refractivity contribution in [3.8, 4) is 0 Å². The average Bonchev–Trinajstić information content (AvgIpc) is 2.44. The van der Waals surface area contributed by atoms with Gasteiger partial charge in [-0.1, -0.05) is 43.0 Å². The predicted molar refractivity (Wildman–Crippen MR) is 43.6 cm³/mol. The maximum atomic E-state index is 3.73. The molecule has 10 heavy (non-hydrogen) atoms. The minimum atomic E-state index is 1.24. The first-order chi connectivity index (χ1) is 4.92. The zero-order valence-electron chi connectivity index (χ0n) is 5.67. The summed E-state index contributed by atoms with van der Waals surface area (Å²) in [5, 5.41) is 0. The monoisotopic (exact) mass is 128 g/mol. The largest absolute Gasteiger partial charge is 0.0984 e. The van der Waals surface area contributed by atoms with Crippen molar-refractivity contribution in [2.75, 3.05) is 0 Å². The summed E-state index contributed by atoms with van der Waals surface area (Å²) in [6, 6.07) is 0. The van der Waals surface area contributed by atoms with Crippen molar-refractivity contribution in [3.05, 3.63) is 59.8 Å². The van der Waals surface area contributed by atoms with Gasteiger partial charge in [-0.25, -0.2) is 0 Å². The molecule has 0 aromatic rings. The highest BCUT2D eigenvalue weighted by Gasteiger charge is 2.12. The third kappa shape index (κ3) is 0.561. The molecule has 0 unspecified atom stereocenters. The van der Waals surface area contributed by atoms with E-state index in [0.29, 0.717) is 0 Å². The third-order valence-corrected chi connectivity index (χ3v) is 1.82. The van der Waals surface area contributed by atoms with Crippen LogP contribution in [0, 0.1) is 0 Å². The van der Waals surface area contributed by atoms with Gasteiger partial charge in [-0.3, -0.25) is 0 Å². The molecule has 0 nitrogen and oxygen atoms in total. The SMILES string of the molecule is C=CC1=CC=C2C=CC=C12. The fourth-order valence-corrected chi connectivity index (χ4v) is 1.29. The van der Waals surface area contributed by atoms with Crippen LogP contribution in [-0.2, 0) is 0 Å². The Bertz CT molecular complexity index is 296. The van der Waals surface area contributed by atoms with Gasteiger partial charge in [0.05, 0.1) is 0 Å². The van der Waals surface area contributed by atoms with Crippen molar-refractivity contribution < 1.29 is 0 Å². The predicted octanol–water partition coefficient (Wildman–Crippen LogP) is 2.54. The van der Waals surface area contributed by atoms with Crippen molar-refractivity contribution in [2.45, 2.75) is 0 Å². The molecule has 0 heterocycles. The van der Waals surface area contributed by atoms with Gasteiger partial charge in [-0.05, 0) is 16.7 Å². The average molecular weight is 128 g/mol. The fraction of sp³-hybridized carbons (Fsp3) is 0. The van der Waals surface area contributed by atoms with Crippen LogP contribution in [0.15, 0.2) is 59.8 Å². The molecule has 0 bridgehead atoms. The van der Waals surface area contributed by atoms with E-state index in [9.17, 15) is 0 Å². The first kappa shape index (κ1) is 5.48. The molecule has 0 saturated heterocycles. The van der Waals surface area contributed by atoms with Crippen molar-refractivity contribution in [1.82, 2.24) is 0 Å². The Morgan fingerprint density at radius 2 is 2.10 bits per heavy atom. The molecular formula is C10H8. The molecule has 0 aromatic carbocycles. The number of hydrogen-bond acceptors (Lipinski definition) is 0. The highest BCUT2D eigenvalue weighted by atomic mass is 14.2. The highest BCUT2D eigenvalue weighted by molar-refractivity contribution is 5.66. The van der Waals surface area contributed by atoms with E-state index in [4.69, 9.17) is 0 Å². The molecular weight excluding hydrogens is 120 g/mol. The molecule has 0 fully saturated rings. The van der Waals surface area contributed by atoms with Gasteiger partial charge < -0.3 is 0 Å². The van der Waals surface area contributed by atoms with Gasteiger partial charge in [-0.2, -0.15) is 0 Å². The lowest BCUT2D eigenvalue weighted by Crippen LogP contribution is -1.77. The number of fused-ring (bicyclic) bond motifs is 1. The minimum absolute atomic E-state index is 1.24. The molecule has 2 aliphatic rings. The maximum absolute atomic E-state index is 3.73. The second-order valence-electron chi connectivity index (χ2n) is 2.39. The zero-order chi connectivity index (χ0) is 6.97. The fourth-order valence-electron chi connectivity index (χ4n) is 1.29. The molecule has 0 saturated carbocycles. The van der Waals surface area contributed by atoms with Crippen LogP contribution < -0.4 is 0 Å². The topological polar surface area (TPSA) is 0 Å². The molecule has 0 N–H and O–H groups in total.